The van der Waals surface area contributed by atoms with Crippen molar-refractivity contribution in [3.05, 3.63) is 83.8 Å². The van der Waals surface area contributed by atoms with Gasteiger partial charge in [0.15, 0.2) is 11.8 Å². The van der Waals surface area contributed by atoms with E-state index in [1.54, 1.807) is 43.3 Å². The minimum absolute atomic E-state index is 0.0192. The molecule has 2 heterocycles. The number of amides is 2. The number of nitrogens with one attached hydrogen (secondary N) is 1. The lowest BCUT2D eigenvalue weighted by Crippen LogP contribution is -2.48. The zero-order valence-electron chi connectivity index (χ0n) is 22.6. The molecule has 1 N–H and O–H groups in total. The molecule has 1 unspecified atom stereocenters. The SMILES string of the molecule is CC(=O)c1cccc(N(C(=O)Cn2nnc(-c3ccccc3)n2)C(C(=O)NC2CCCCC2)c2ccc(C)o2)c1. The van der Waals surface area contributed by atoms with Gasteiger partial charge in [-0.05, 0) is 56.2 Å². The first-order valence-electron chi connectivity index (χ1n) is 13.5. The van der Waals surface area contributed by atoms with Crippen LogP contribution in [0.1, 0.15) is 66.9 Å². The molecule has 1 saturated carbocycles. The Balaban J connectivity index is 1.52. The average Bonchev–Trinajstić information content (AvgIpc) is 3.61. The molecule has 40 heavy (non-hydrogen) atoms. The third kappa shape index (κ3) is 6.17. The van der Waals surface area contributed by atoms with Gasteiger partial charge in [-0.15, -0.1) is 10.2 Å². The number of nitrogens with zero attached hydrogens (tertiary/aromatic N) is 5. The maximum absolute atomic E-state index is 14.0. The highest BCUT2D eigenvalue weighted by Crippen LogP contribution is 2.31. The summed E-state index contributed by atoms with van der Waals surface area (Å²) in [6, 6.07) is 18.4. The van der Waals surface area contributed by atoms with Gasteiger partial charge in [-0.2, -0.15) is 4.80 Å². The Kier molecular flexibility index (Phi) is 8.14. The molecule has 2 aromatic heterocycles. The Labute approximate surface area is 232 Å². The van der Waals surface area contributed by atoms with Crippen LogP contribution in [0.15, 0.2) is 71.1 Å². The molecule has 2 amide bonds. The third-order valence-corrected chi connectivity index (χ3v) is 7.05. The highest BCUT2D eigenvalue weighted by molar-refractivity contribution is 6.02. The molecule has 1 atom stereocenters. The first kappa shape index (κ1) is 27.0. The van der Waals surface area contributed by atoms with Crippen LogP contribution in [-0.2, 0) is 16.1 Å². The molecule has 1 fully saturated rings. The minimum atomic E-state index is -1.11. The zero-order chi connectivity index (χ0) is 28.1. The lowest BCUT2D eigenvalue weighted by molar-refractivity contribution is -0.128. The van der Waals surface area contributed by atoms with Crippen molar-refractivity contribution in [1.29, 1.82) is 0 Å². The van der Waals surface area contributed by atoms with Gasteiger partial charge >= 0.3 is 0 Å². The topological polar surface area (TPSA) is 123 Å². The molecule has 10 nitrogen and oxygen atoms in total. The number of aromatic nitrogens is 4. The molecule has 2 aromatic carbocycles. The van der Waals surface area contributed by atoms with Gasteiger partial charge in [-0.1, -0.05) is 61.7 Å². The number of aryl methyl sites for hydroxylation is 1. The predicted molar refractivity (Wildman–Crippen MR) is 148 cm³/mol. The number of benzene rings is 2. The lowest BCUT2D eigenvalue weighted by Gasteiger charge is -2.32. The molecule has 5 rings (SSSR count). The predicted octanol–water partition coefficient (Wildman–Crippen LogP) is 4.67. The molecule has 0 spiro atoms. The van der Waals surface area contributed by atoms with E-state index in [9.17, 15) is 14.4 Å². The van der Waals surface area contributed by atoms with Crippen molar-refractivity contribution in [3.8, 4) is 11.4 Å². The number of hydrogen-bond donors (Lipinski definition) is 1. The van der Waals surface area contributed by atoms with Crippen molar-refractivity contribution in [2.24, 2.45) is 0 Å². The second-order valence-corrected chi connectivity index (χ2v) is 10.1. The molecule has 206 valence electrons. The van der Waals surface area contributed by atoms with Crippen molar-refractivity contribution < 1.29 is 18.8 Å². The van der Waals surface area contributed by atoms with E-state index in [1.807, 2.05) is 30.3 Å². The summed E-state index contributed by atoms with van der Waals surface area (Å²) in [5.74, 6) is 0.350. The molecule has 0 saturated heterocycles. The van der Waals surface area contributed by atoms with Crippen LogP contribution in [0.25, 0.3) is 11.4 Å². The molecule has 0 bridgehead atoms. The van der Waals surface area contributed by atoms with Gasteiger partial charge in [-0.25, -0.2) is 0 Å². The van der Waals surface area contributed by atoms with Crippen LogP contribution in [-0.4, -0.2) is 43.8 Å². The van der Waals surface area contributed by atoms with Crippen molar-refractivity contribution >= 4 is 23.3 Å². The summed E-state index contributed by atoms with van der Waals surface area (Å²) in [4.78, 5) is 42.8. The molecule has 10 heteroatoms. The van der Waals surface area contributed by atoms with Crippen LogP contribution in [0.2, 0.25) is 0 Å². The first-order valence-corrected chi connectivity index (χ1v) is 13.5. The number of hydrogen-bond acceptors (Lipinski definition) is 7. The van der Waals surface area contributed by atoms with Gasteiger partial charge in [-0.3, -0.25) is 19.3 Å². The summed E-state index contributed by atoms with van der Waals surface area (Å²) in [5.41, 5.74) is 1.57. The van der Waals surface area contributed by atoms with E-state index in [0.717, 1.165) is 37.7 Å². The van der Waals surface area contributed by atoms with Crippen molar-refractivity contribution in [3.63, 3.8) is 0 Å². The lowest BCUT2D eigenvalue weighted by atomic mass is 9.95. The van der Waals surface area contributed by atoms with Gasteiger partial charge in [0.2, 0.25) is 5.82 Å². The van der Waals surface area contributed by atoms with Gasteiger partial charge in [0.1, 0.15) is 18.1 Å². The smallest absolute Gasteiger partial charge is 0.251 e. The highest BCUT2D eigenvalue weighted by Gasteiger charge is 2.37. The van der Waals surface area contributed by atoms with Crippen molar-refractivity contribution in [2.75, 3.05) is 4.90 Å². The Bertz CT molecular complexity index is 1490. The van der Waals surface area contributed by atoms with Crippen LogP contribution in [0, 0.1) is 6.92 Å². The number of Topliss-reactive ketones (excluding diaryl/α,β-unsaturated/α-hetero) is 1. The molecular formula is C30H32N6O4. The van der Waals surface area contributed by atoms with Gasteiger partial charge in [0.25, 0.3) is 11.8 Å². The standard InChI is InChI=1S/C30H32N6O4/c1-20-16-17-26(40-20)28(30(39)31-24-13-7-4-8-14-24)36(25-15-9-12-23(18-25)21(2)37)27(38)19-35-33-29(32-34-35)22-10-5-3-6-11-22/h3,5-6,9-12,15-18,24,28H,4,7-8,13-14,19H2,1-2H3,(H,31,39). The third-order valence-electron chi connectivity index (χ3n) is 7.05. The minimum Gasteiger partial charge on any atom is -0.464 e. The average molecular weight is 541 g/mol. The number of tetrazole rings is 1. The monoisotopic (exact) mass is 540 g/mol. The quantitative estimate of drug-likeness (QED) is 0.306. The molecule has 0 radical (unpaired) electrons. The van der Waals surface area contributed by atoms with Crippen LogP contribution >= 0.6 is 0 Å². The van der Waals surface area contributed by atoms with Crippen LogP contribution in [0.3, 0.4) is 0 Å². The Morgan fingerprint density at radius 3 is 2.50 bits per heavy atom. The van der Waals surface area contributed by atoms with Crippen LogP contribution in [0.5, 0.6) is 0 Å². The molecule has 1 aliphatic carbocycles. The molecule has 4 aromatic rings. The van der Waals surface area contributed by atoms with Gasteiger partial charge in [0, 0.05) is 22.9 Å². The number of carbonyl (C=O) groups is 3. The van der Waals surface area contributed by atoms with Crippen LogP contribution < -0.4 is 10.2 Å². The summed E-state index contributed by atoms with van der Waals surface area (Å²) < 4.78 is 5.93. The highest BCUT2D eigenvalue weighted by atomic mass is 16.3. The Hall–Kier alpha value is -4.60. The number of furan rings is 1. The number of rotatable bonds is 9. The summed E-state index contributed by atoms with van der Waals surface area (Å²) >= 11 is 0. The van der Waals surface area contributed by atoms with Crippen molar-refractivity contribution in [2.45, 2.75) is 64.6 Å². The second-order valence-electron chi connectivity index (χ2n) is 10.1. The van der Waals surface area contributed by atoms with E-state index in [-0.39, 0.29) is 24.3 Å². The largest absolute Gasteiger partial charge is 0.464 e. The normalized spacial score (nSPS) is 14.4. The van der Waals surface area contributed by atoms with E-state index in [0.29, 0.717) is 28.6 Å². The first-order chi connectivity index (χ1) is 19.4. The fraction of sp³-hybridized carbons (Fsp3) is 0.333. The van der Waals surface area contributed by atoms with Crippen molar-refractivity contribution in [1.82, 2.24) is 25.5 Å². The molecule has 0 aliphatic heterocycles. The van der Waals surface area contributed by atoms with Gasteiger partial charge in [0.05, 0.1) is 0 Å². The number of anilines is 1. The Morgan fingerprint density at radius 1 is 1.02 bits per heavy atom. The van der Waals surface area contributed by atoms with E-state index in [2.05, 4.69) is 20.7 Å². The Morgan fingerprint density at radius 2 is 1.80 bits per heavy atom. The number of ketones is 1. The summed E-state index contributed by atoms with van der Waals surface area (Å²) in [5, 5.41) is 15.7. The summed E-state index contributed by atoms with van der Waals surface area (Å²) in [7, 11) is 0. The van der Waals surface area contributed by atoms with Gasteiger partial charge < -0.3 is 9.73 Å². The van der Waals surface area contributed by atoms with E-state index in [4.69, 9.17) is 4.42 Å². The summed E-state index contributed by atoms with van der Waals surface area (Å²) in [6.07, 6.45) is 5.00. The number of carbonyl (C=O) groups excluding carboxylic acids is 3. The fourth-order valence-electron chi connectivity index (χ4n) is 5.02. The summed E-state index contributed by atoms with van der Waals surface area (Å²) in [6.45, 7) is 2.96. The second kappa shape index (κ2) is 12.1. The fourth-order valence-corrected chi connectivity index (χ4v) is 5.02. The zero-order valence-corrected chi connectivity index (χ0v) is 22.6. The maximum Gasteiger partial charge on any atom is 0.251 e. The molecule has 1 aliphatic rings. The maximum atomic E-state index is 14.0. The van der Waals surface area contributed by atoms with E-state index >= 15 is 0 Å². The molecular weight excluding hydrogens is 508 g/mol. The van der Waals surface area contributed by atoms with E-state index in [1.165, 1.54) is 16.6 Å². The van der Waals surface area contributed by atoms with E-state index < -0.39 is 11.9 Å². The van der Waals surface area contributed by atoms with Crippen LogP contribution in [0.4, 0.5) is 5.69 Å².